The molecule has 0 saturated carbocycles. The lowest BCUT2D eigenvalue weighted by Gasteiger charge is -2.22. The van der Waals surface area contributed by atoms with Crippen molar-refractivity contribution in [2.75, 3.05) is 6.61 Å². The molecule has 1 amide bonds. The Balaban J connectivity index is 3.62. The molecule has 0 aromatic heterocycles. The molecule has 0 rings (SSSR count). The Morgan fingerprint density at radius 1 is 0.532 bits per heavy atom. The van der Waals surface area contributed by atoms with Gasteiger partial charge in [-0.1, -0.05) is 162 Å². The van der Waals surface area contributed by atoms with Crippen LogP contribution in [-0.2, 0) is 4.79 Å². The van der Waals surface area contributed by atoms with Crippen molar-refractivity contribution in [1.82, 2.24) is 5.32 Å². The van der Waals surface area contributed by atoms with E-state index in [1.54, 1.807) is 0 Å². The van der Waals surface area contributed by atoms with E-state index < -0.39 is 12.1 Å². The Labute approximate surface area is 290 Å². The molecule has 4 heteroatoms. The first-order valence-corrected chi connectivity index (χ1v) is 18.9. The number of hydrogen-bond donors (Lipinski definition) is 3. The molecule has 0 aromatic carbocycles. The topological polar surface area (TPSA) is 69.6 Å². The number of aliphatic hydroxyl groups is 2. The fraction of sp³-hybridized carbons (Fsp3) is 0.605. The van der Waals surface area contributed by atoms with Gasteiger partial charge in [-0.2, -0.15) is 0 Å². The zero-order valence-corrected chi connectivity index (χ0v) is 30.3. The third-order valence-electron chi connectivity index (χ3n) is 7.86. The number of unbranched alkanes of at least 4 members (excludes halogenated alkanes) is 9. The average Bonchev–Trinajstić information content (AvgIpc) is 3.08. The predicted octanol–water partition coefficient (Wildman–Crippen LogP) is 11.5. The predicted molar refractivity (Wildman–Crippen MR) is 206 cm³/mol. The van der Waals surface area contributed by atoms with Crippen molar-refractivity contribution in [3.05, 3.63) is 97.2 Å². The Morgan fingerprint density at radius 3 is 1.38 bits per heavy atom. The van der Waals surface area contributed by atoms with Crippen LogP contribution in [0.4, 0.5) is 0 Å². The molecule has 0 aliphatic rings. The Bertz CT molecular complexity index is 921. The van der Waals surface area contributed by atoms with Crippen LogP contribution < -0.4 is 5.32 Å². The lowest BCUT2D eigenvalue weighted by atomic mass is 10.0. The van der Waals surface area contributed by atoms with Crippen LogP contribution in [0.1, 0.15) is 149 Å². The molecule has 0 saturated heterocycles. The maximum absolute atomic E-state index is 12.2. The molecular weight excluding hydrogens is 578 g/mol. The van der Waals surface area contributed by atoms with E-state index in [-0.39, 0.29) is 12.5 Å². The zero-order valence-electron chi connectivity index (χ0n) is 30.3. The molecule has 0 fully saturated rings. The van der Waals surface area contributed by atoms with E-state index in [0.717, 1.165) is 103 Å². The summed E-state index contributed by atoms with van der Waals surface area (Å²) in [7, 11) is 0. The summed E-state index contributed by atoms with van der Waals surface area (Å²) >= 11 is 0. The molecule has 2 unspecified atom stereocenters. The highest BCUT2D eigenvalue weighted by Gasteiger charge is 2.19. The smallest absolute Gasteiger partial charge is 0.220 e. The molecule has 0 radical (unpaired) electrons. The first-order chi connectivity index (χ1) is 23.2. The highest BCUT2D eigenvalue weighted by molar-refractivity contribution is 5.76. The van der Waals surface area contributed by atoms with Crippen molar-refractivity contribution in [1.29, 1.82) is 0 Å². The molecule has 0 aliphatic heterocycles. The lowest BCUT2D eigenvalue weighted by molar-refractivity contribution is -0.123. The van der Waals surface area contributed by atoms with Crippen molar-refractivity contribution >= 4 is 5.91 Å². The highest BCUT2D eigenvalue weighted by Crippen LogP contribution is 2.11. The zero-order chi connectivity index (χ0) is 34.3. The van der Waals surface area contributed by atoms with Gasteiger partial charge in [0.2, 0.25) is 5.91 Å². The van der Waals surface area contributed by atoms with Crippen LogP contribution in [0, 0.1) is 0 Å². The number of rotatable bonds is 32. The maximum Gasteiger partial charge on any atom is 0.220 e. The van der Waals surface area contributed by atoms with Crippen LogP contribution >= 0.6 is 0 Å². The molecule has 0 heterocycles. The van der Waals surface area contributed by atoms with Gasteiger partial charge in [-0.05, 0) is 77.0 Å². The van der Waals surface area contributed by atoms with Crippen molar-refractivity contribution in [3.8, 4) is 0 Å². The van der Waals surface area contributed by atoms with Gasteiger partial charge in [0, 0.05) is 6.42 Å². The van der Waals surface area contributed by atoms with E-state index in [2.05, 4.69) is 116 Å². The van der Waals surface area contributed by atoms with Crippen molar-refractivity contribution < 1.29 is 15.0 Å². The van der Waals surface area contributed by atoms with Gasteiger partial charge in [0.05, 0.1) is 18.8 Å². The van der Waals surface area contributed by atoms with E-state index in [1.165, 1.54) is 19.3 Å². The fourth-order valence-electron chi connectivity index (χ4n) is 4.96. The van der Waals surface area contributed by atoms with E-state index in [1.807, 2.05) is 0 Å². The molecule has 0 aliphatic carbocycles. The summed E-state index contributed by atoms with van der Waals surface area (Å²) < 4.78 is 0. The van der Waals surface area contributed by atoms with E-state index in [4.69, 9.17) is 0 Å². The number of aliphatic hydroxyl groups excluding tert-OH is 2. The number of carbonyl (C=O) groups is 1. The van der Waals surface area contributed by atoms with E-state index in [0.29, 0.717) is 12.8 Å². The Morgan fingerprint density at radius 2 is 0.936 bits per heavy atom. The highest BCUT2D eigenvalue weighted by atomic mass is 16.3. The number of carbonyl (C=O) groups excluding carboxylic acids is 1. The van der Waals surface area contributed by atoms with Crippen molar-refractivity contribution in [3.63, 3.8) is 0 Å². The van der Waals surface area contributed by atoms with Crippen LogP contribution in [0.25, 0.3) is 0 Å². The largest absolute Gasteiger partial charge is 0.394 e. The third kappa shape index (κ3) is 34.5. The van der Waals surface area contributed by atoms with Gasteiger partial charge in [-0.3, -0.25) is 4.79 Å². The summed E-state index contributed by atoms with van der Waals surface area (Å²) in [6.45, 7) is 4.10. The molecule has 0 aromatic rings. The van der Waals surface area contributed by atoms with Crippen LogP contribution in [0.2, 0.25) is 0 Å². The van der Waals surface area contributed by atoms with Crippen LogP contribution in [0.15, 0.2) is 97.2 Å². The van der Waals surface area contributed by atoms with Gasteiger partial charge in [-0.25, -0.2) is 0 Å². The monoisotopic (exact) mass is 650 g/mol. The molecule has 3 N–H and O–H groups in total. The van der Waals surface area contributed by atoms with Gasteiger partial charge in [0.25, 0.3) is 0 Å². The first-order valence-electron chi connectivity index (χ1n) is 18.9. The van der Waals surface area contributed by atoms with Gasteiger partial charge in [0.15, 0.2) is 0 Å². The summed E-state index contributed by atoms with van der Waals surface area (Å²) in [5.74, 6) is -0.0618. The van der Waals surface area contributed by atoms with Gasteiger partial charge >= 0.3 is 0 Å². The molecular formula is C43H71NO3. The molecule has 47 heavy (non-hydrogen) atoms. The number of nitrogens with one attached hydrogen (secondary N) is 1. The first kappa shape index (κ1) is 44.3. The molecule has 0 spiro atoms. The Hall–Kier alpha value is -2.69. The SMILES string of the molecule is CC/C=C\C/C=C\C/C=C\C/C=C\C/C=C\C/C=C\C/C=C\C/C=C\CCCCCCCCC(=O)NC(CO)C(O)CCCCCC. The van der Waals surface area contributed by atoms with Gasteiger partial charge in [0.1, 0.15) is 0 Å². The minimum atomic E-state index is -0.667. The molecule has 266 valence electrons. The summed E-state index contributed by atoms with van der Waals surface area (Å²) in [6.07, 6.45) is 56.5. The van der Waals surface area contributed by atoms with Crippen LogP contribution in [0.5, 0.6) is 0 Å². The average molecular weight is 650 g/mol. The lowest BCUT2D eigenvalue weighted by Crippen LogP contribution is -2.45. The molecule has 0 bridgehead atoms. The fourth-order valence-corrected chi connectivity index (χ4v) is 4.96. The van der Waals surface area contributed by atoms with E-state index in [9.17, 15) is 15.0 Å². The van der Waals surface area contributed by atoms with Crippen molar-refractivity contribution in [2.24, 2.45) is 0 Å². The normalized spacial score (nSPS) is 14.2. The minimum absolute atomic E-state index is 0.0618. The van der Waals surface area contributed by atoms with Crippen LogP contribution in [0.3, 0.4) is 0 Å². The standard InChI is InChI=1S/C43H71NO3/c1-3-5-7-9-10-11-12-13-14-15-16-17-18-19-20-21-22-23-24-25-26-27-28-29-30-31-32-33-34-35-37-39-43(47)44-41(40-45)42(46)38-36-8-6-4-2/h5,7,10-11,13-14,16-17,19-20,22-23,25-26,28-29,41-42,45-46H,3-4,6,8-9,12,15,18,21,24,27,30-40H2,1-2H3,(H,44,47)/b7-5-,11-10-,14-13-,17-16-,20-19-,23-22-,26-25-,29-28-. The summed E-state index contributed by atoms with van der Waals surface area (Å²) in [5, 5.41) is 22.6. The number of amides is 1. The van der Waals surface area contributed by atoms with E-state index >= 15 is 0 Å². The number of hydrogen-bond acceptors (Lipinski definition) is 3. The quantitative estimate of drug-likeness (QED) is 0.0502. The summed E-state index contributed by atoms with van der Waals surface area (Å²) in [6, 6.07) is -0.546. The second-order valence-electron chi connectivity index (χ2n) is 12.3. The summed E-state index contributed by atoms with van der Waals surface area (Å²) in [4.78, 5) is 12.2. The third-order valence-corrected chi connectivity index (χ3v) is 7.86. The maximum atomic E-state index is 12.2. The van der Waals surface area contributed by atoms with Crippen molar-refractivity contribution in [2.45, 2.75) is 161 Å². The molecule has 4 nitrogen and oxygen atoms in total. The second-order valence-corrected chi connectivity index (χ2v) is 12.3. The molecule has 2 atom stereocenters. The minimum Gasteiger partial charge on any atom is -0.394 e. The number of allylic oxidation sites excluding steroid dienone is 16. The summed E-state index contributed by atoms with van der Waals surface area (Å²) in [5.41, 5.74) is 0. The van der Waals surface area contributed by atoms with Gasteiger partial charge < -0.3 is 15.5 Å². The van der Waals surface area contributed by atoms with Gasteiger partial charge in [-0.15, -0.1) is 0 Å². The van der Waals surface area contributed by atoms with Crippen LogP contribution in [-0.4, -0.2) is 34.9 Å². The Kier molecular flexibility index (Phi) is 35.6. The second kappa shape index (κ2) is 37.8.